The summed E-state index contributed by atoms with van der Waals surface area (Å²) in [5.74, 6) is -2.32. The van der Waals surface area contributed by atoms with Gasteiger partial charge in [0.2, 0.25) is 5.91 Å². The number of nitrogens with zero attached hydrogens (tertiary/aromatic N) is 1. The van der Waals surface area contributed by atoms with Crippen molar-refractivity contribution in [2.75, 3.05) is 13.2 Å². The number of aliphatic hydroxyl groups is 1. The van der Waals surface area contributed by atoms with Gasteiger partial charge in [-0.15, -0.1) is 0 Å². The minimum Gasteiger partial charge on any atom is -0.484 e. The third-order valence-electron chi connectivity index (χ3n) is 6.67. The molecule has 1 aliphatic rings. The van der Waals surface area contributed by atoms with Gasteiger partial charge in [-0.2, -0.15) is 0 Å². The van der Waals surface area contributed by atoms with Crippen LogP contribution >= 0.6 is 0 Å². The van der Waals surface area contributed by atoms with Crippen LogP contribution in [0.15, 0.2) is 48.5 Å². The van der Waals surface area contributed by atoms with Gasteiger partial charge in [0.05, 0.1) is 6.10 Å². The van der Waals surface area contributed by atoms with Gasteiger partial charge in [0, 0.05) is 6.54 Å². The number of nitrogens with one attached hydrogen (secondary N) is 3. The molecule has 0 aliphatic carbocycles. The van der Waals surface area contributed by atoms with Crippen molar-refractivity contribution < 1.29 is 34.1 Å². The first-order valence-corrected chi connectivity index (χ1v) is 13.4. The number of amides is 3. The van der Waals surface area contributed by atoms with E-state index in [0.29, 0.717) is 25.1 Å². The summed E-state index contributed by atoms with van der Waals surface area (Å²) in [7, 11) is 0. The van der Waals surface area contributed by atoms with Crippen LogP contribution in [0.25, 0.3) is 11.1 Å². The van der Waals surface area contributed by atoms with E-state index >= 15 is 0 Å². The summed E-state index contributed by atoms with van der Waals surface area (Å²) >= 11 is 0. The molecule has 216 valence electrons. The van der Waals surface area contributed by atoms with E-state index in [1.54, 1.807) is 32.9 Å². The lowest BCUT2D eigenvalue weighted by molar-refractivity contribution is -0.148. The Bertz CT molecular complexity index is 1200. The van der Waals surface area contributed by atoms with Crippen molar-refractivity contribution in [2.24, 2.45) is 5.92 Å². The average molecular weight is 555 g/mol. The van der Waals surface area contributed by atoms with Gasteiger partial charge < -0.3 is 25.6 Å². The van der Waals surface area contributed by atoms with E-state index in [9.17, 15) is 29.4 Å². The molecule has 4 unspecified atom stereocenters. The lowest BCUT2D eigenvalue weighted by Gasteiger charge is -2.34. The molecule has 1 heterocycles. The first-order chi connectivity index (χ1) is 19.0. The van der Waals surface area contributed by atoms with Crippen molar-refractivity contribution in [3.8, 4) is 16.9 Å². The molecule has 1 fully saturated rings. The van der Waals surface area contributed by atoms with Crippen LogP contribution in [-0.4, -0.2) is 70.2 Å². The zero-order valence-electron chi connectivity index (χ0n) is 23.2. The summed E-state index contributed by atoms with van der Waals surface area (Å²) in [6.45, 7) is 6.79. The minimum atomic E-state index is -1.04. The first-order valence-electron chi connectivity index (χ1n) is 13.4. The van der Waals surface area contributed by atoms with Gasteiger partial charge >= 0.3 is 5.97 Å². The second-order valence-corrected chi connectivity index (χ2v) is 10.3. The van der Waals surface area contributed by atoms with Crippen molar-refractivity contribution in [3.05, 3.63) is 54.1 Å². The van der Waals surface area contributed by atoms with Gasteiger partial charge in [-0.05, 0) is 67.5 Å². The van der Waals surface area contributed by atoms with Gasteiger partial charge in [-0.1, -0.05) is 44.2 Å². The van der Waals surface area contributed by atoms with Gasteiger partial charge in [0.25, 0.3) is 11.8 Å². The molecule has 5 N–H and O–H groups in total. The highest BCUT2D eigenvalue weighted by atomic mass is 16.5. The average Bonchev–Trinajstić information content (AvgIpc) is 2.94. The predicted octanol–water partition coefficient (Wildman–Crippen LogP) is 2.01. The highest BCUT2D eigenvalue weighted by molar-refractivity contribution is 5.92. The summed E-state index contributed by atoms with van der Waals surface area (Å²) in [5.41, 5.74) is 5.36. The summed E-state index contributed by atoms with van der Waals surface area (Å²) < 4.78 is 5.61. The Labute approximate surface area is 233 Å². The molecule has 0 saturated carbocycles. The lowest BCUT2D eigenvalue weighted by Crippen LogP contribution is -2.60. The number of hydrazine groups is 1. The summed E-state index contributed by atoms with van der Waals surface area (Å²) in [6, 6.07) is 12.1. The number of rotatable bonds is 11. The topological polar surface area (TPSA) is 157 Å². The zero-order chi connectivity index (χ0) is 29.4. The van der Waals surface area contributed by atoms with Crippen LogP contribution in [0.1, 0.15) is 52.2 Å². The van der Waals surface area contributed by atoms with Crippen LogP contribution in [0, 0.1) is 5.92 Å². The molecule has 11 nitrogen and oxygen atoms in total. The molecule has 11 heteroatoms. The molecule has 4 atom stereocenters. The van der Waals surface area contributed by atoms with Crippen LogP contribution in [-0.2, 0) is 19.2 Å². The predicted molar refractivity (Wildman–Crippen MR) is 148 cm³/mol. The second kappa shape index (κ2) is 13.9. The maximum absolute atomic E-state index is 12.9. The molecule has 3 rings (SSSR count). The Morgan fingerprint density at radius 1 is 1.02 bits per heavy atom. The number of hydrogen-bond acceptors (Lipinski definition) is 7. The molecule has 0 bridgehead atoms. The first kappa shape index (κ1) is 30.6. The molecule has 1 aliphatic heterocycles. The van der Waals surface area contributed by atoms with E-state index < -0.39 is 47.9 Å². The number of ether oxygens (including phenoxy) is 1. The number of carbonyl (C=O) groups excluding carboxylic acids is 3. The number of hydrogen-bond donors (Lipinski definition) is 5. The fourth-order valence-electron chi connectivity index (χ4n) is 4.34. The van der Waals surface area contributed by atoms with Gasteiger partial charge in [0.1, 0.15) is 23.9 Å². The van der Waals surface area contributed by atoms with Gasteiger partial charge in [-0.3, -0.25) is 24.2 Å². The van der Waals surface area contributed by atoms with E-state index in [0.717, 1.165) is 16.7 Å². The monoisotopic (exact) mass is 554 g/mol. The number of carboxylic acid groups (broad SMARTS) is 1. The van der Waals surface area contributed by atoms with E-state index in [1.807, 2.05) is 36.4 Å². The third kappa shape index (κ3) is 8.27. The molecule has 0 aromatic heterocycles. The Morgan fingerprint density at radius 2 is 1.73 bits per heavy atom. The zero-order valence-corrected chi connectivity index (χ0v) is 23.2. The second-order valence-electron chi connectivity index (χ2n) is 10.3. The SMILES string of the molecule is CC(NC(=O)C(NC(=O)COc1ccc(-c2cccc(C(C)O)c2)cc1)C(C)C)C(=O)N1CCCC(C(=O)O)N1. The fourth-order valence-corrected chi connectivity index (χ4v) is 4.34. The smallest absolute Gasteiger partial charge is 0.322 e. The van der Waals surface area contributed by atoms with Crippen LogP contribution in [0.4, 0.5) is 0 Å². The van der Waals surface area contributed by atoms with Crippen molar-refractivity contribution in [1.29, 1.82) is 0 Å². The van der Waals surface area contributed by atoms with E-state index in [4.69, 9.17) is 4.74 Å². The molecule has 3 amide bonds. The minimum absolute atomic E-state index is 0.271. The quantitative estimate of drug-likeness (QED) is 0.282. The number of aliphatic hydroxyl groups excluding tert-OH is 1. The van der Waals surface area contributed by atoms with Crippen LogP contribution in [0.3, 0.4) is 0 Å². The van der Waals surface area contributed by atoms with Crippen molar-refractivity contribution >= 4 is 23.7 Å². The highest BCUT2D eigenvalue weighted by Crippen LogP contribution is 2.25. The molecule has 2 aromatic rings. The molecule has 1 saturated heterocycles. The summed E-state index contributed by atoms with van der Waals surface area (Å²) in [6.07, 6.45) is 0.366. The van der Waals surface area contributed by atoms with Crippen LogP contribution in [0.2, 0.25) is 0 Å². The van der Waals surface area contributed by atoms with Crippen LogP contribution < -0.4 is 20.8 Å². The summed E-state index contributed by atoms with van der Waals surface area (Å²) in [5, 5.41) is 25.5. The van der Waals surface area contributed by atoms with Crippen LogP contribution in [0.5, 0.6) is 5.75 Å². The fraction of sp³-hybridized carbons (Fsp3) is 0.448. The van der Waals surface area contributed by atoms with Crippen molar-refractivity contribution in [2.45, 2.75) is 64.8 Å². The molecule has 0 radical (unpaired) electrons. The number of carboxylic acids is 1. The van der Waals surface area contributed by atoms with E-state index in [1.165, 1.54) is 11.9 Å². The normalized spacial score (nSPS) is 17.4. The largest absolute Gasteiger partial charge is 0.484 e. The Kier molecular flexibility index (Phi) is 10.6. The molecular weight excluding hydrogens is 516 g/mol. The van der Waals surface area contributed by atoms with E-state index in [2.05, 4.69) is 16.1 Å². The number of benzene rings is 2. The third-order valence-corrected chi connectivity index (χ3v) is 6.67. The standard InChI is InChI=1S/C29H38N4O7/c1-17(2)26(27(36)30-18(3)28(37)33-14-6-9-24(32-33)29(38)39)31-25(35)16-40-23-12-10-20(11-13-23)22-8-5-7-21(15-22)19(4)34/h5,7-8,10-13,15,17-19,24,26,32,34H,6,9,14,16H2,1-4H3,(H,30,36)(H,31,35)(H,38,39). The summed E-state index contributed by atoms with van der Waals surface area (Å²) in [4.78, 5) is 49.6. The Balaban J connectivity index is 1.52. The molecule has 2 aromatic carbocycles. The number of carbonyl (C=O) groups is 4. The highest BCUT2D eigenvalue weighted by Gasteiger charge is 2.32. The van der Waals surface area contributed by atoms with Gasteiger partial charge in [-0.25, -0.2) is 5.43 Å². The van der Waals surface area contributed by atoms with Crippen molar-refractivity contribution in [3.63, 3.8) is 0 Å². The van der Waals surface area contributed by atoms with Gasteiger partial charge in [0.15, 0.2) is 6.61 Å². The maximum atomic E-state index is 12.9. The van der Waals surface area contributed by atoms with Crippen molar-refractivity contribution in [1.82, 2.24) is 21.1 Å². The lowest BCUT2D eigenvalue weighted by atomic mass is 10.0. The Morgan fingerprint density at radius 3 is 2.35 bits per heavy atom. The Hall–Kier alpha value is -3.96. The molecule has 0 spiro atoms. The molecule has 40 heavy (non-hydrogen) atoms. The maximum Gasteiger partial charge on any atom is 0.322 e. The molecular formula is C29H38N4O7. The van der Waals surface area contributed by atoms with E-state index in [-0.39, 0.29) is 12.5 Å². The number of aliphatic carboxylic acids is 1.